The highest BCUT2D eigenvalue weighted by Gasteiger charge is 2.13. The van der Waals surface area contributed by atoms with Gasteiger partial charge in [0.25, 0.3) is 0 Å². The first-order chi connectivity index (χ1) is 16.6. The van der Waals surface area contributed by atoms with Gasteiger partial charge in [-0.2, -0.15) is 0 Å². The van der Waals surface area contributed by atoms with Crippen LogP contribution in [0, 0.1) is 0 Å². The molecule has 4 aromatic rings. The summed E-state index contributed by atoms with van der Waals surface area (Å²) in [5.74, 6) is 1.51. The Balaban J connectivity index is 1.30. The maximum Gasteiger partial charge on any atom is 0.336 e. The molecule has 34 heavy (non-hydrogen) atoms. The van der Waals surface area contributed by atoms with Crippen LogP contribution in [0.15, 0.2) is 86.7 Å². The quantitative estimate of drug-likeness (QED) is 0.188. The average molecular weight is 521 g/mol. The van der Waals surface area contributed by atoms with Crippen molar-refractivity contribution in [3.8, 4) is 28.7 Å². The molecule has 0 amide bonds. The van der Waals surface area contributed by atoms with Gasteiger partial charge in [0.05, 0.1) is 9.86 Å². The fourth-order valence-corrected chi connectivity index (χ4v) is 3.71. The molecule has 0 fully saturated rings. The lowest BCUT2D eigenvalue weighted by molar-refractivity contribution is -0.128. The molecule has 0 atom stereocenters. The molecule has 170 valence electrons. The lowest BCUT2D eigenvalue weighted by Crippen LogP contribution is -2.15. The lowest BCUT2D eigenvalue weighted by Gasteiger charge is -2.18. The van der Waals surface area contributed by atoms with Gasteiger partial charge in [0.2, 0.25) is 11.2 Å². The number of benzene rings is 3. The molecule has 0 spiro atoms. The summed E-state index contributed by atoms with van der Waals surface area (Å²) in [7, 11) is 0. The van der Waals surface area contributed by atoms with E-state index in [1.807, 2.05) is 12.1 Å². The highest BCUT2D eigenvalue weighted by atomic mass is 79.9. The molecule has 1 aliphatic rings. The van der Waals surface area contributed by atoms with E-state index in [0.717, 1.165) is 5.56 Å². The first-order valence-corrected chi connectivity index (χ1v) is 11.1. The monoisotopic (exact) mass is 520 g/mol. The smallest absolute Gasteiger partial charge is 0.336 e. The van der Waals surface area contributed by atoms with E-state index in [0.29, 0.717) is 40.3 Å². The summed E-state index contributed by atoms with van der Waals surface area (Å²) in [6.07, 6.45) is 4.16. The third-order valence-corrected chi connectivity index (χ3v) is 5.62. The number of carbonyl (C=O) groups is 1. The van der Waals surface area contributed by atoms with Crippen molar-refractivity contribution in [1.29, 1.82) is 0 Å². The molecule has 0 saturated heterocycles. The number of ether oxygens (including phenoxy) is 4. The molecule has 1 aliphatic heterocycles. The minimum Gasteiger partial charge on any atom is -0.486 e. The normalized spacial score (nSPS) is 12.6. The Morgan fingerprint density at radius 1 is 0.941 bits per heavy atom. The van der Waals surface area contributed by atoms with Gasteiger partial charge in [-0.15, -0.1) is 0 Å². The van der Waals surface area contributed by atoms with Gasteiger partial charge in [0.15, 0.2) is 11.5 Å². The van der Waals surface area contributed by atoms with Crippen LogP contribution in [-0.4, -0.2) is 19.2 Å². The van der Waals surface area contributed by atoms with E-state index < -0.39 is 5.97 Å². The van der Waals surface area contributed by atoms with Crippen molar-refractivity contribution in [3.63, 3.8) is 0 Å². The van der Waals surface area contributed by atoms with Crippen molar-refractivity contribution >= 4 is 38.9 Å². The standard InChI is InChI=1S/C26H17BrO7/c27-19-3-1-2-4-20(19)34-24-15-32-22-14-17(7-8-18(22)26(24)29)33-25(28)10-6-16-5-9-21-23(13-16)31-12-11-30-21/h1-10,13-15H,11-12H2. The summed E-state index contributed by atoms with van der Waals surface area (Å²) in [5, 5.41) is 0.302. The molecule has 8 heteroatoms. The minimum absolute atomic E-state index is 0.0477. The van der Waals surface area contributed by atoms with Crippen LogP contribution in [0.4, 0.5) is 0 Å². The predicted molar refractivity (Wildman–Crippen MR) is 129 cm³/mol. The van der Waals surface area contributed by atoms with Crippen LogP contribution < -0.4 is 24.4 Å². The second kappa shape index (κ2) is 9.44. The Bertz CT molecular complexity index is 1470. The summed E-state index contributed by atoms with van der Waals surface area (Å²) in [5.41, 5.74) is 0.697. The Labute approximate surface area is 202 Å². The number of rotatable bonds is 5. The summed E-state index contributed by atoms with van der Waals surface area (Å²) in [6, 6.07) is 17.1. The number of hydrogen-bond acceptors (Lipinski definition) is 7. The second-order valence-electron chi connectivity index (χ2n) is 7.28. The van der Waals surface area contributed by atoms with Gasteiger partial charge in [-0.1, -0.05) is 18.2 Å². The van der Waals surface area contributed by atoms with E-state index in [9.17, 15) is 9.59 Å². The lowest BCUT2D eigenvalue weighted by atomic mass is 10.2. The minimum atomic E-state index is -0.578. The van der Waals surface area contributed by atoms with Gasteiger partial charge in [0.1, 0.15) is 36.6 Å². The van der Waals surface area contributed by atoms with Crippen molar-refractivity contribution < 1.29 is 28.2 Å². The number of esters is 1. The number of carbonyl (C=O) groups excluding carboxylic acids is 1. The Morgan fingerprint density at radius 2 is 1.76 bits per heavy atom. The summed E-state index contributed by atoms with van der Waals surface area (Å²) >= 11 is 3.38. The zero-order chi connectivity index (χ0) is 23.5. The fourth-order valence-electron chi connectivity index (χ4n) is 3.35. The zero-order valence-electron chi connectivity index (χ0n) is 17.7. The highest BCUT2D eigenvalue weighted by Crippen LogP contribution is 2.31. The fraction of sp³-hybridized carbons (Fsp3) is 0.0769. The maximum atomic E-state index is 12.8. The number of hydrogen-bond donors (Lipinski definition) is 0. The Morgan fingerprint density at radius 3 is 2.62 bits per heavy atom. The molecule has 0 N–H and O–H groups in total. The van der Waals surface area contributed by atoms with Crippen LogP contribution in [0.3, 0.4) is 0 Å². The van der Waals surface area contributed by atoms with Crippen LogP contribution in [0.5, 0.6) is 28.7 Å². The summed E-state index contributed by atoms with van der Waals surface area (Å²) in [4.78, 5) is 25.1. The molecular formula is C26H17BrO7. The van der Waals surface area contributed by atoms with Crippen LogP contribution in [-0.2, 0) is 4.79 Å². The van der Waals surface area contributed by atoms with E-state index in [4.69, 9.17) is 23.4 Å². The van der Waals surface area contributed by atoms with Gasteiger partial charge in [-0.3, -0.25) is 4.79 Å². The number of para-hydroxylation sites is 1. The molecular weight excluding hydrogens is 504 g/mol. The van der Waals surface area contributed by atoms with Gasteiger partial charge in [0, 0.05) is 12.1 Å². The molecule has 0 unspecified atom stereocenters. The van der Waals surface area contributed by atoms with Crippen molar-refractivity contribution in [1.82, 2.24) is 0 Å². The highest BCUT2D eigenvalue weighted by molar-refractivity contribution is 9.10. The molecule has 0 aliphatic carbocycles. The van der Waals surface area contributed by atoms with Crippen molar-refractivity contribution in [2.24, 2.45) is 0 Å². The first-order valence-electron chi connectivity index (χ1n) is 10.3. The third kappa shape index (κ3) is 4.67. The van der Waals surface area contributed by atoms with Crippen molar-refractivity contribution in [2.45, 2.75) is 0 Å². The second-order valence-corrected chi connectivity index (χ2v) is 8.13. The van der Waals surface area contributed by atoms with Gasteiger partial charge >= 0.3 is 5.97 Å². The van der Waals surface area contributed by atoms with E-state index >= 15 is 0 Å². The molecule has 2 heterocycles. The van der Waals surface area contributed by atoms with Crippen molar-refractivity contribution in [3.05, 3.63) is 93.3 Å². The molecule has 0 bridgehead atoms. The van der Waals surface area contributed by atoms with Gasteiger partial charge in [-0.25, -0.2) is 4.79 Å². The molecule has 3 aromatic carbocycles. The Hall–Kier alpha value is -4.04. The van der Waals surface area contributed by atoms with Crippen LogP contribution in [0.1, 0.15) is 5.56 Å². The van der Waals surface area contributed by atoms with Crippen LogP contribution in [0.2, 0.25) is 0 Å². The van der Waals surface area contributed by atoms with Gasteiger partial charge in [-0.05, 0) is 64.0 Å². The maximum absolute atomic E-state index is 12.8. The molecule has 1 aromatic heterocycles. The number of halogens is 1. The average Bonchev–Trinajstić information content (AvgIpc) is 2.85. The van der Waals surface area contributed by atoms with E-state index in [1.165, 1.54) is 30.5 Å². The van der Waals surface area contributed by atoms with E-state index in [2.05, 4.69) is 15.9 Å². The zero-order valence-corrected chi connectivity index (χ0v) is 19.2. The number of fused-ring (bicyclic) bond motifs is 2. The van der Waals surface area contributed by atoms with Gasteiger partial charge < -0.3 is 23.4 Å². The summed E-state index contributed by atoms with van der Waals surface area (Å²) in [6.45, 7) is 0.997. The van der Waals surface area contributed by atoms with E-state index in [1.54, 1.807) is 36.4 Å². The molecule has 5 rings (SSSR count). The predicted octanol–water partition coefficient (Wildman–Crippen LogP) is 5.74. The largest absolute Gasteiger partial charge is 0.486 e. The topological polar surface area (TPSA) is 84.2 Å². The first kappa shape index (κ1) is 21.8. The molecule has 0 saturated carbocycles. The molecule has 0 radical (unpaired) electrons. The third-order valence-electron chi connectivity index (χ3n) is 4.97. The SMILES string of the molecule is O=C(C=Cc1ccc2c(c1)OCCO2)Oc1ccc2c(=O)c(Oc3ccccc3Br)coc2c1. The Kier molecular flexibility index (Phi) is 6.05. The summed E-state index contributed by atoms with van der Waals surface area (Å²) < 4.78 is 28.3. The molecule has 7 nitrogen and oxygen atoms in total. The van der Waals surface area contributed by atoms with E-state index in [-0.39, 0.29) is 22.5 Å². The van der Waals surface area contributed by atoms with Crippen molar-refractivity contribution in [2.75, 3.05) is 13.2 Å². The van der Waals surface area contributed by atoms with Crippen LogP contribution in [0.25, 0.3) is 17.0 Å². The van der Waals surface area contributed by atoms with Crippen LogP contribution >= 0.6 is 15.9 Å².